The fraction of sp³-hybridized carbons (Fsp3) is 0.857. The van der Waals surface area contributed by atoms with Gasteiger partial charge in [0.2, 0.25) is 0 Å². The van der Waals surface area contributed by atoms with Crippen LogP contribution in [-0.4, -0.2) is 19.2 Å². The fourth-order valence-electron chi connectivity index (χ4n) is 3.34. The van der Waals surface area contributed by atoms with Gasteiger partial charge in [0.05, 0.1) is 12.6 Å². The van der Waals surface area contributed by atoms with Gasteiger partial charge in [0.1, 0.15) is 5.76 Å². The van der Waals surface area contributed by atoms with E-state index in [1.165, 1.54) is 5.76 Å². The maximum atomic E-state index is 5.75. The zero-order chi connectivity index (χ0) is 12.0. The minimum atomic E-state index is 0.409. The second-order valence-corrected chi connectivity index (χ2v) is 6.20. The van der Waals surface area contributed by atoms with Crippen LogP contribution in [0.5, 0.6) is 0 Å². The monoisotopic (exact) mass is 223 g/mol. The van der Waals surface area contributed by atoms with Gasteiger partial charge in [-0.2, -0.15) is 0 Å². The van der Waals surface area contributed by atoms with Crippen LogP contribution in [-0.2, 0) is 4.74 Å². The van der Waals surface area contributed by atoms with E-state index in [0.717, 1.165) is 19.6 Å². The van der Waals surface area contributed by atoms with Gasteiger partial charge in [-0.05, 0) is 29.4 Å². The molecule has 2 heteroatoms. The van der Waals surface area contributed by atoms with Crippen molar-refractivity contribution in [1.29, 1.82) is 0 Å². The van der Waals surface area contributed by atoms with E-state index in [1.54, 1.807) is 0 Å². The Morgan fingerprint density at radius 3 is 2.38 bits per heavy atom. The molecular formula is C14H25NO. The van der Waals surface area contributed by atoms with Crippen LogP contribution in [0.2, 0.25) is 0 Å². The molecule has 1 unspecified atom stereocenters. The van der Waals surface area contributed by atoms with Crippen molar-refractivity contribution in [2.24, 2.45) is 16.7 Å². The lowest BCUT2D eigenvalue weighted by molar-refractivity contribution is 0.201. The molecule has 0 spiro atoms. The van der Waals surface area contributed by atoms with Crippen molar-refractivity contribution in [2.75, 3.05) is 13.2 Å². The van der Waals surface area contributed by atoms with E-state index in [9.17, 15) is 0 Å². The van der Waals surface area contributed by atoms with Crippen molar-refractivity contribution in [2.45, 2.75) is 47.1 Å². The van der Waals surface area contributed by atoms with Crippen LogP contribution in [0.3, 0.4) is 0 Å². The van der Waals surface area contributed by atoms with E-state index >= 15 is 0 Å². The number of rotatable bonds is 4. The minimum Gasteiger partial charge on any atom is -0.496 e. The maximum absolute atomic E-state index is 5.75. The van der Waals surface area contributed by atoms with E-state index in [-0.39, 0.29) is 0 Å². The van der Waals surface area contributed by atoms with Crippen LogP contribution >= 0.6 is 0 Å². The molecule has 1 N–H and O–H groups in total. The van der Waals surface area contributed by atoms with Gasteiger partial charge in [-0.25, -0.2) is 0 Å². The molecule has 0 aromatic heterocycles. The molecule has 1 atom stereocenters. The van der Waals surface area contributed by atoms with E-state index in [4.69, 9.17) is 4.74 Å². The summed E-state index contributed by atoms with van der Waals surface area (Å²) in [5, 5.41) is 3.60. The molecule has 1 heterocycles. The molecule has 1 fully saturated rings. The normalized spacial score (nSPS) is 28.4. The predicted octanol–water partition coefficient (Wildman–Crippen LogP) is 2.95. The Morgan fingerprint density at radius 1 is 1.38 bits per heavy atom. The third-order valence-corrected chi connectivity index (χ3v) is 4.93. The first-order chi connectivity index (χ1) is 7.43. The Kier molecular flexibility index (Phi) is 2.82. The highest BCUT2D eigenvalue weighted by Crippen LogP contribution is 2.70. The molecule has 1 aliphatic heterocycles. The van der Waals surface area contributed by atoms with Gasteiger partial charge in [-0.15, -0.1) is 0 Å². The van der Waals surface area contributed by atoms with Gasteiger partial charge in [-0.3, -0.25) is 0 Å². The van der Waals surface area contributed by atoms with Crippen LogP contribution in [0.1, 0.15) is 41.0 Å². The summed E-state index contributed by atoms with van der Waals surface area (Å²) in [6.45, 7) is 13.5. The topological polar surface area (TPSA) is 21.3 Å². The van der Waals surface area contributed by atoms with Gasteiger partial charge >= 0.3 is 0 Å². The van der Waals surface area contributed by atoms with E-state index in [2.05, 4.69) is 46.0 Å². The lowest BCUT2D eigenvalue weighted by Gasteiger charge is -2.21. The first-order valence-corrected chi connectivity index (χ1v) is 6.49. The molecule has 0 aromatic rings. The summed E-state index contributed by atoms with van der Waals surface area (Å²) < 4.78 is 5.75. The molecule has 1 aliphatic carbocycles. The molecule has 92 valence electrons. The van der Waals surface area contributed by atoms with Gasteiger partial charge in [0, 0.05) is 6.42 Å². The summed E-state index contributed by atoms with van der Waals surface area (Å²) >= 11 is 0. The van der Waals surface area contributed by atoms with Crippen molar-refractivity contribution in [1.82, 2.24) is 5.32 Å². The zero-order valence-electron chi connectivity index (χ0n) is 11.3. The van der Waals surface area contributed by atoms with Crippen LogP contribution < -0.4 is 5.32 Å². The summed E-state index contributed by atoms with van der Waals surface area (Å²) in [5.41, 5.74) is 0.819. The van der Waals surface area contributed by atoms with Crippen molar-refractivity contribution < 1.29 is 4.74 Å². The maximum Gasteiger partial charge on any atom is 0.109 e. The molecule has 16 heavy (non-hydrogen) atoms. The molecule has 1 saturated carbocycles. The highest BCUT2D eigenvalue weighted by molar-refractivity contribution is 5.23. The van der Waals surface area contributed by atoms with Crippen molar-refractivity contribution in [3.05, 3.63) is 11.8 Å². The molecule has 2 aliphatic rings. The van der Waals surface area contributed by atoms with Crippen molar-refractivity contribution >= 4 is 0 Å². The van der Waals surface area contributed by atoms with E-state index < -0.39 is 0 Å². The zero-order valence-corrected chi connectivity index (χ0v) is 11.3. The number of ether oxygens (including phenoxy) is 1. The number of hydrogen-bond acceptors (Lipinski definition) is 2. The van der Waals surface area contributed by atoms with Gasteiger partial charge < -0.3 is 10.1 Å². The Bertz CT molecular complexity index is 290. The van der Waals surface area contributed by atoms with Crippen LogP contribution in [0, 0.1) is 16.7 Å². The van der Waals surface area contributed by atoms with Crippen LogP contribution in [0.25, 0.3) is 0 Å². The molecule has 0 bridgehead atoms. The molecular weight excluding hydrogens is 198 g/mol. The third-order valence-electron chi connectivity index (χ3n) is 4.93. The highest BCUT2D eigenvalue weighted by atomic mass is 16.5. The number of likely N-dealkylation sites (N-methyl/N-ethyl adjacent to an activating group) is 1. The second-order valence-electron chi connectivity index (χ2n) is 6.20. The molecule has 0 saturated heterocycles. The number of hydrogen-bond donors (Lipinski definition) is 1. The predicted molar refractivity (Wildman–Crippen MR) is 67.2 cm³/mol. The summed E-state index contributed by atoms with van der Waals surface area (Å²) in [5.74, 6) is 1.87. The Labute approximate surface area is 99.4 Å². The van der Waals surface area contributed by atoms with Gasteiger partial charge in [-0.1, -0.05) is 34.6 Å². The SMILES string of the molecule is CCNC(C1=CCCO1)C1C(C)(C)C1(C)C. The fourth-order valence-corrected chi connectivity index (χ4v) is 3.34. The van der Waals surface area contributed by atoms with E-state index in [1.807, 2.05) is 0 Å². The van der Waals surface area contributed by atoms with Gasteiger partial charge in [0.15, 0.2) is 0 Å². The lowest BCUT2D eigenvalue weighted by Crippen LogP contribution is -2.35. The quantitative estimate of drug-likeness (QED) is 0.791. The first-order valence-electron chi connectivity index (χ1n) is 6.49. The highest BCUT2D eigenvalue weighted by Gasteiger charge is 2.67. The summed E-state index contributed by atoms with van der Waals surface area (Å²) in [4.78, 5) is 0. The summed E-state index contributed by atoms with van der Waals surface area (Å²) in [7, 11) is 0. The van der Waals surface area contributed by atoms with Crippen LogP contribution in [0.15, 0.2) is 11.8 Å². The summed E-state index contributed by atoms with van der Waals surface area (Å²) in [6, 6.07) is 0.414. The largest absolute Gasteiger partial charge is 0.496 e. The third kappa shape index (κ3) is 1.58. The van der Waals surface area contributed by atoms with Crippen LogP contribution in [0.4, 0.5) is 0 Å². The molecule has 0 radical (unpaired) electrons. The lowest BCUT2D eigenvalue weighted by atomic mass is 10.0. The first kappa shape index (κ1) is 12.0. The Morgan fingerprint density at radius 2 is 2.00 bits per heavy atom. The average Bonchev–Trinajstić information content (AvgIpc) is 2.64. The molecule has 2 nitrogen and oxygen atoms in total. The molecule has 0 amide bonds. The van der Waals surface area contributed by atoms with Crippen molar-refractivity contribution in [3.63, 3.8) is 0 Å². The molecule has 0 aromatic carbocycles. The van der Waals surface area contributed by atoms with Crippen molar-refractivity contribution in [3.8, 4) is 0 Å². The smallest absolute Gasteiger partial charge is 0.109 e. The minimum absolute atomic E-state index is 0.409. The Balaban J connectivity index is 2.16. The Hall–Kier alpha value is -0.500. The summed E-state index contributed by atoms with van der Waals surface area (Å²) in [6.07, 6.45) is 3.34. The average molecular weight is 223 g/mol. The van der Waals surface area contributed by atoms with E-state index in [0.29, 0.717) is 22.8 Å². The second kappa shape index (κ2) is 3.76. The standard InChI is InChI=1S/C14H25NO/c1-6-15-11(10-8-7-9-16-10)12-13(2,3)14(12,4)5/h8,11-12,15H,6-7,9H2,1-5H3. The molecule has 2 rings (SSSR count). The van der Waals surface area contributed by atoms with Gasteiger partial charge in [0.25, 0.3) is 0 Å². The number of nitrogens with one attached hydrogen (secondary N) is 1.